The predicted octanol–water partition coefficient (Wildman–Crippen LogP) is 9.77. The molecule has 0 bridgehead atoms. The van der Waals surface area contributed by atoms with Crippen molar-refractivity contribution in [2.24, 2.45) is 0 Å². The van der Waals surface area contributed by atoms with Gasteiger partial charge >= 0.3 is 12.4 Å². The molecule has 2 aromatic heterocycles. The number of ether oxygens (including phenoxy) is 4. The number of amides is 1. The average molecular weight is 989 g/mol. The Kier molecular flexibility index (Phi) is 13.2. The second-order valence-corrected chi connectivity index (χ2v) is 16.7. The molecule has 1 fully saturated rings. The van der Waals surface area contributed by atoms with Crippen LogP contribution in [0.5, 0.6) is 23.0 Å². The Balaban J connectivity index is 0.00000642. The van der Waals surface area contributed by atoms with Gasteiger partial charge in [0.1, 0.15) is 28.8 Å². The Labute approximate surface area is 396 Å². The average Bonchev–Trinajstić information content (AvgIpc) is 3.97. The zero-order valence-electron chi connectivity index (χ0n) is 37.2. The molecule has 3 N–H and O–H groups in total. The highest BCUT2D eigenvalue weighted by molar-refractivity contribution is 5.85. The summed E-state index contributed by atoms with van der Waals surface area (Å²) < 4.78 is 144. The van der Waals surface area contributed by atoms with E-state index in [1.165, 1.54) is 69.7 Å². The first-order valence-corrected chi connectivity index (χ1v) is 21.3. The summed E-state index contributed by atoms with van der Waals surface area (Å²) in [5.74, 6) is -0.299. The second kappa shape index (κ2) is 18.6. The van der Waals surface area contributed by atoms with Gasteiger partial charge in [0.15, 0.2) is 35.1 Å². The lowest BCUT2D eigenvalue weighted by Crippen LogP contribution is -2.59. The fraction of sp³-hybridized carbons (Fsp3) is 0.340. The second-order valence-electron chi connectivity index (χ2n) is 16.7. The fourth-order valence-electron chi connectivity index (χ4n) is 9.57. The number of alkyl halides is 6. The van der Waals surface area contributed by atoms with Crippen molar-refractivity contribution in [3.63, 3.8) is 0 Å². The van der Waals surface area contributed by atoms with Gasteiger partial charge in [-0.15, -0.1) is 12.4 Å². The summed E-state index contributed by atoms with van der Waals surface area (Å²) >= 11 is 0. The lowest BCUT2D eigenvalue weighted by molar-refractivity contribution is -0.174. The molecule has 6 aromatic rings. The van der Waals surface area contributed by atoms with Gasteiger partial charge in [-0.05, 0) is 47.5 Å². The number of benzene rings is 4. The van der Waals surface area contributed by atoms with Gasteiger partial charge in [0.2, 0.25) is 6.41 Å². The van der Waals surface area contributed by atoms with Crippen molar-refractivity contribution < 1.29 is 58.9 Å². The van der Waals surface area contributed by atoms with Gasteiger partial charge in [-0.1, -0.05) is 36.4 Å². The maximum absolute atomic E-state index is 16.8. The summed E-state index contributed by atoms with van der Waals surface area (Å²) in [5.41, 5.74) is -0.815. The van der Waals surface area contributed by atoms with E-state index in [0.29, 0.717) is 40.5 Å². The Bertz CT molecular complexity index is 2700. The number of rotatable bonds is 11. The van der Waals surface area contributed by atoms with Crippen molar-refractivity contribution in [2.75, 3.05) is 58.7 Å². The molecule has 4 atom stereocenters. The van der Waals surface area contributed by atoms with Crippen LogP contribution in [0.25, 0.3) is 22.5 Å². The Morgan fingerprint density at radius 2 is 1.06 bits per heavy atom. The SMILES string of the molecule is COc1ccc([C@@H]2C[C@H](C(F)(F)F)n3nc(-c4ccc(C5(c6ccc(-c7cc8n(n7)[C@@H](C(F)(F)F)C[C@@H](c7ccc(OC)c(OC)c7)N8)cc6F)CNCCN5C=O)c(F)c4)cc3N2)cc1OC.Cl. The topological polar surface area (TPSA) is 129 Å². The Morgan fingerprint density at radius 1 is 0.623 bits per heavy atom. The molecule has 0 spiro atoms. The number of fused-ring (bicyclic) bond motifs is 2. The number of nitrogens with one attached hydrogen (secondary N) is 3. The molecule has 22 heteroatoms. The van der Waals surface area contributed by atoms with Crippen molar-refractivity contribution in [3.8, 4) is 45.5 Å². The highest BCUT2D eigenvalue weighted by atomic mass is 35.5. The number of hydrogen-bond acceptors (Lipinski definition) is 10. The van der Waals surface area contributed by atoms with Crippen molar-refractivity contribution in [1.29, 1.82) is 0 Å². The molecule has 0 aliphatic carbocycles. The van der Waals surface area contributed by atoms with E-state index in [-0.39, 0.29) is 77.3 Å². The zero-order chi connectivity index (χ0) is 48.3. The summed E-state index contributed by atoms with van der Waals surface area (Å²) in [6.45, 7) is 0.166. The van der Waals surface area contributed by atoms with E-state index in [4.69, 9.17) is 18.9 Å². The summed E-state index contributed by atoms with van der Waals surface area (Å²) in [6.07, 6.45) is -9.78. The summed E-state index contributed by atoms with van der Waals surface area (Å²) in [6, 6.07) is 14.3. The molecule has 4 aromatic carbocycles. The van der Waals surface area contributed by atoms with Crippen LogP contribution in [0.4, 0.5) is 46.8 Å². The van der Waals surface area contributed by atoms with Gasteiger partial charge in [0.25, 0.3) is 0 Å². The molecule has 3 aliphatic rings. The minimum Gasteiger partial charge on any atom is -0.493 e. The van der Waals surface area contributed by atoms with E-state index in [0.717, 1.165) is 21.5 Å². The molecule has 1 amide bonds. The van der Waals surface area contributed by atoms with Crippen LogP contribution in [0.3, 0.4) is 0 Å². The first kappa shape index (κ1) is 48.7. The van der Waals surface area contributed by atoms with Crippen LogP contribution in [0.2, 0.25) is 0 Å². The van der Waals surface area contributed by atoms with Crippen molar-refractivity contribution >= 4 is 30.5 Å². The molecule has 3 aliphatic heterocycles. The molecular weight excluding hydrogens is 944 g/mol. The quantitative estimate of drug-likeness (QED) is 0.0853. The minimum absolute atomic E-state index is 0. The number of anilines is 2. The molecule has 0 saturated carbocycles. The predicted molar refractivity (Wildman–Crippen MR) is 240 cm³/mol. The third-order valence-electron chi connectivity index (χ3n) is 12.9. The minimum atomic E-state index is -4.71. The molecule has 9 rings (SSSR count). The number of carbonyl (C=O) groups is 1. The zero-order valence-corrected chi connectivity index (χ0v) is 38.0. The largest absolute Gasteiger partial charge is 0.493 e. The first-order chi connectivity index (χ1) is 32.5. The number of nitrogens with zero attached hydrogens (tertiary/aromatic N) is 5. The highest BCUT2D eigenvalue weighted by Crippen LogP contribution is 2.48. The molecule has 0 unspecified atom stereocenters. The number of piperazine rings is 1. The maximum Gasteiger partial charge on any atom is 0.410 e. The Morgan fingerprint density at radius 3 is 1.43 bits per heavy atom. The summed E-state index contributed by atoms with van der Waals surface area (Å²) in [7, 11) is 5.72. The first-order valence-electron chi connectivity index (χ1n) is 21.3. The number of halogens is 9. The van der Waals surface area contributed by atoms with Crippen LogP contribution in [0.1, 0.15) is 59.3 Å². The summed E-state index contributed by atoms with van der Waals surface area (Å²) in [4.78, 5) is 14.0. The van der Waals surface area contributed by atoms with Crippen LogP contribution < -0.4 is 34.9 Å². The number of aromatic nitrogens is 4. The number of methoxy groups -OCH3 is 4. The monoisotopic (exact) mass is 988 g/mol. The third kappa shape index (κ3) is 8.70. The molecular formula is C47H45ClF8N8O5. The van der Waals surface area contributed by atoms with Crippen LogP contribution in [-0.4, -0.2) is 91.3 Å². The van der Waals surface area contributed by atoms with E-state index in [2.05, 4.69) is 26.1 Å². The molecule has 13 nitrogen and oxygen atoms in total. The van der Waals surface area contributed by atoms with E-state index in [1.54, 1.807) is 36.4 Å². The van der Waals surface area contributed by atoms with Crippen molar-refractivity contribution in [2.45, 2.75) is 54.9 Å². The Hall–Kier alpha value is -6.74. The standard InChI is InChI=1S/C47H44F8N8O5.ClH/c1-65-37-11-7-27(17-39(37)67-3)33-19-41(46(50,51)52)62-43(57-33)21-35(59-62)25-5-9-29(31(48)15-25)45(23-56-13-14-61(45)24-64)30-10-6-26(16-32(30)49)36-22-44-58-34(20-42(47(53,54)55)63(44)60-36)28-8-12-38(66-2)40(18-28)68-4;/h5-12,15-18,21-22,24,33-34,41-42,56-58H,13-14,19-20,23H2,1-4H3;1H/t33-,34-,41+,42+;/m0./s1. The summed E-state index contributed by atoms with van der Waals surface area (Å²) in [5, 5.41) is 17.9. The van der Waals surface area contributed by atoms with Gasteiger partial charge in [0.05, 0.1) is 51.9 Å². The lowest BCUT2D eigenvalue weighted by Gasteiger charge is -2.46. The fourth-order valence-corrected chi connectivity index (χ4v) is 9.57. The third-order valence-corrected chi connectivity index (χ3v) is 12.9. The van der Waals surface area contributed by atoms with E-state index >= 15 is 8.78 Å². The van der Waals surface area contributed by atoms with Gasteiger partial charge in [-0.2, -0.15) is 36.5 Å². The molecule has 1 saturated heterocycles. The van der Waals surface area contributed by atoms with Crippen LogP contribution in [0.15, 0.2) is 84.9 Å². The van der Waals surface area contributed by atoms with E-state index in [1.807, 2.05) is 0 Å². The van der Waals surface area contributed by atoms with E-state index < -0.39 is 66.5 Å². The lowest BCUT2D eigenvalue weighted by atomic mass is 9.78. The maximum atomic E-state index is 16.8. The van der Waals surface area contributed by atoms with Crippen LogP contribution in [-0.2, 0) is 10.3 Å². The normalized spacial score (nSPS) is 19.8. The number of carbonyl (C=O) groups excluding carboxylic acids is 1. The smallest absolute Gasteiger partial charge is 0.410 e. The van der Waals surface area contributed by atoms with E-state index in [9.17, 15) is 31.1 Å². The molecule has 366 valence electrons. The van der Waals surface area contributed by atoms with Gasteiger partial charge in [-0.3, -0.25) is 4.79 Å². The van der Waals surface area contributed by atoms with Gasteiger partial charge < -0.3 is 39.8 Å². The van der Waals surface area contributed by atoms with Crippen molar-refractivity contribution in [3.05, 3.63) is 119 Å². The van der Waals surface area contributed by atoms with Crippen molar-refractivity contribution in [1.82, 2.24) is 29.8 Å². The van der Waals surface area contributed by atoms with Crippen LogP contribution >= 0.6 is 12.4 Å². The molecule has 5 heterocycles. The van der Waals surface area contributed by atoms with Crippen LogP contribution in [0, 0.1) is 11.6 Å². The van der Waals surface area contributed by atoms with Gasteiger partial charge in [-0.25, -0.2) is 18.1 Å². The van der Waals surface area contributed by atoms with Gasteiger partial charge in [0, 0.05) is 66.9 Å². The number of hydrogen-bond donors (Lipinski definition) is 3. The molecule has 0 radical (unpaired) electrons. The molecule has 69 heavy (non-hydrogen) atoms. The highest BCUT2D eigenvalue weighted by Gasteiger charge is 2.49.